The summed E-state index contributed by atoms with van der Waals surface area (Å²) in [6.45, 7) is 6.09. The summed E-state index contributed by atoms with van der Waals surface area (Å²) in [7, 11) is 0. The molecule has 2 heterocycles. The molecule has 2 aromatic rings. The van der Waals surface area contributed by atoms with Crippen LogP contribution in [0.3, 0.4) is 0 Å². The minimum atomic E-state index is 0.267. The second-order valence-corrected chi connectivity index (χ2v) is 7.81. The zero-order valence-electron chi connectivity index (χ0n) is 15.7. The molecule has 1 saturated carbocycles. The Bertz CT molecular complexity index is 817. The molecule has 0 radical (unpaired) electrons. The highest BCUT2D eigenvalue weighted by Gasteiger charge is 2.19. The molecule has 1 aromatic heterocycles. The van der Waals surface area contributed by atoms with Crippen molar-refractivity contribution in [3.63, 3.8) is 0 Å². The lowest BCUT2D eigenvalue weighted by Gasteiger charge is -2.21. The van der Waals surface area contributed by atoms with E-state index in [0.29, 0.717) is 11.8 Å². The number of hydrogen-bond acceptors (Lipinski definition) is 3. The fourth-order valence-electron chi connectivity index (χ4n) is 3.44. The van der Waals surface area contributed by atoms with Crippen LogP contribution in [0.2, 0.25) is 0 Å². The largest absolute Gasteiger partial charge is 0.376 e. The van der Waals surface area contributed by atoms with Gasteiger partial charge in [0.1, 0.15) is 5.69 Å². The Hall–Kier alpha value is -2.12. The first-order valence-electron chi connectivity index (χ1n) is 9.86. The fraction of sp³-hybridized carbons (Fsp3) is 0.545. The highest BCUT2D eigenvalue weighted by molar-refractivity contribution is 5.65. The number of ether oxygens (including phenoxy) is 1. The maximum Gasteiger partial charge on any atom is 0.113 e. The van der Waals surface area contributed by atoms with Gasteiger partial charge in [-0.1, -0.05) is 37.0 Å². The Morgan fingerprint density at radius 2 is 2.12 bits per heavy atom. The molecule has 1 unspecified atom stereocenters. The van der Waals surface area contributed by atoms with Gasteiger partial charge in [0.15, 0.2) is 0 Å². The molecule has 4 nitrogen and oxygen atoms in total. The van der Waals surface area contributed by atoms with Crippen molar-refractivity contribution in [3.8, 4) is 23.1 Å². The fourth-order valence-corrected chi connectivity index (χ4v) is 3.44. The lowest BCUT2D eigenvalue weighted by molar-refractivity contribution is 0.00370. The van der Waals surface area contributed by atoms with Crippen molar-refractivity contribution in [2.24, 2.45) is 5.92 Å². The average molecular weight is 349 g/mol. The smallest absolute Gasteiger partial charge is 0.113 e. The molecule has 0 spiro atoms. The Kier molecular flexibility index (Phi) is 5.08. The zero-order valence-corrected chi connectivity index (χ0v) is 15.7. The minimum Gasteiger partial charge on any atom is -0.376 e. The maximum atomic E-state index is 5.82. The second-order valence-electron chi connectivity index (χ2n) is 7.81. The topological polar surface area (TPSA) is 39.9 Å². The number of rotatable bonds is 4. The van der Waals surface area contributed by atoms with E-state index in [9.17, 15) is 0 Å². The van der Waals surface area contributed by atoms with Gasteiger partial charge in [0.25, 0.3) is 0 Å². The van der Waals surface area contributed by atoms with E-state index in [2.05, 4.69) is 60.4 Å². The van der Waals surface area contributed by atoms with E-state index in [1.807, 2.05) is 4.68 Å². The van der Waals surface area contributed by atoms with Gasteiger partial charge in [-0.3, -0.25) is 0 Å². The van der Waals surface area contributed by atoms with Gasteiger partial charge < -0.3 is 4.74 Å². The van der Waals surface area contributed by atoms with Crippen molar-refractivity contribution in [3.05, 3.63) is 35.5 Å². The first-order valence-corrected chi connectivity index (χ1v) is 9.86. The van der Waals surface area contributed by atoms with Gasteiger partial charge in [-0.15, -0.1) is 5.10 Å². The molecule has 0 amide bonds. The van der Waals surface area contributed by atoms with Gasteiger partial charge in [-0.25, -0.2) is 4.68 Å². The third-order valence-corrected chi connectivity index (χ3v) is 5.15. The van der Waals surface area contributed by atoms with Gasteiger partial charge in [-0.2, -0.15) is 0 Å². The van der Waals surface area contributed by atoms with Gasteiger partial charge in [0.2, 0.25) is 0 Å². The van der Waals surface area contributed by atoms with Crippen LogP contribution in [0, 0.1) is 17.8 Å². The van der Waals surface area contributed by atoms with Crippen molar-refractivity contribution >= 4 is 0 Å². The first kappa shape index (κ1) is 17.3. The van der Waals surface area contributed by atoms with E-state index < -0.39 is 0 Å². The van der Waals surface area contributed by atoms with Crippen molar-refractivity contribution in [2.45, 2.75) is 64.5 Å². The lowest BCUT2D eigenvalue weighted by atomic mass is 9.93. The molecule has 4 heteroatoms. The van der Waals surface area contributed by atoms with E-state index in [1.165, 1.54) is 31.2 Å². The van der Waals surface area contributed by atoms with Crippen LogP contribution in [0.5, 0.6) is 0 Å². The summed E-state index contributed by atoms with van der Waals surface area (Å²) in [4.78, 5) is 0. The zero-order chi connectivity index (χ0) is 17.9. The highest BCUT2D eigenvalue weighted by atomic mass is 16.5. The molecule has 136 valence electrons. The molecule has 2 aliphatic rings. The Balaban J connectivity index is 1.55. The van der Waals surface area contributed by atoms with Gasteiger partial charge in [-0.05, 0) is 55.7 Å². The van der Waals surface area contributed by atoms with Gasteiger partial charge >= 0.3 is 0 Å². The van der Waals surface area contributed by atoms with Crippen molar-refractivity contribution in [1.29, 1.82) is 0 Å². The summed E-state index contributed by atoms with van der Waals surface area (Å²) >= 11 is 0. The molecule has 26 heavy (non-hydrogen) atoms. The molecule has 1 aliphatic heterocycles. The highest BCUT2D eigenvalue weighted by Crippen LogP contribution is 2.30. The van der Waals surface area contributed by atoms with Crippen LogP contribution in [-0.4, -0.2) is 27.7 Å². The molecular formula is C22H27N3O. The van der Waals surface area contributed by atoms with Crippen LogP contribution in [0.25, 0.3) is 11.3 Å². The number of hydrogen-bond donors (Lipinski definition) is 0. The molecule has 1 atom stereocenters. The monoisotopic (exact) mass is 349 g/mol. The average Bonchev–Trinajstić information content (AvgIpc) is 3.38. The maximum absolute atomic E-state index is 5.82. The summed E-state index contributed by atoms with van der Waals surface area (Å²) in [5, 5.41) is 8.77. The molecule has 1 aliphatic carbocycles. The Morgan fingerprint density at radius 3 is 2.85 bits per heavy atom. The summed E-state index contributed by atoms with van der Waals surface area (Å²) in [6.07, 6.45) is 8.37. The van der Waals surface area contributed by atoms with Crippen molar-refractivity contribution < 1.29 is 4.74 Å². The molecule has 1 aromatic carbocycles. The molecule has 0 bridgehead atoms. The second kappa shape index (κ2) is 7.63. The van der Waals surface area contributed by atoms with Crippen molar-refractivity contribution in [1.82, 2.24) is 15.0 Å². The van der Waals surface area contributed by atoms with Crippen LogP contribution in [0.1, 0.15) is 63.0 Å². The standard InChI is InChI=1S/C22H27N3O/c1-16(2)21-13-18(9-8-17-6-7-17)10-11-20(21)22-15-25(24-23-22)14-19-5-3-4-12-26-19/h10-11,13,15-17,19H,3-7,12,14H2,1-2H3. The van der Waals surface area contributed by atoms with E-state index in [1.54, 1.807) is 0 Å². The van der Waals surface area contributed by atoms with E-state index >= 15 is 0 Å². The molecular weight excluding hydrogens is 322 g/mol. The van der Waals surface area contributed by atoms with Crippen LogP contribution >= 0.6 is 0 Å². The summed E-state index contributed by atoms with van der Waals surface area (Å²) in [5.41, 5.74) is 4.49. The molecule has 0 N–H and O–H groups in total. The minimum absolute atomic E-state index is 0.267. The summed E-state index contributed by atoms with van der Waals surface area (Å²) in [6, 6.07) is 6.48. The Morgan fingerprint density at radius 1 is 1.23 bits per heavy atom. The third-order valence-electron chi connectivity index (χ3n) is 5.15. The SMILES string of the molecule is CC(C)c1cc(C#CC2CC2)ccc1-c1cn(CC2CCCCO2)nn1. The molecule has 2 fully saturated rings. The lowest BCUT2D eigenvalue weighted by Crippen LogP contribution is -2.24. The first-order chi connectivity index (χ1) is 12.7. The summed E-state index contributed by atoms with van der Waals surface area (Å²) in [5.74, 6) is 7.72. The number of aromatic nitrogens is 3. The number of benzene rings is 1. The van der Waals surface area contributed by atoms with Crippen molar-refractivity contribution in [2.75, 3.05) is 6.61 Å². The van der Waals surface area contributed by atoms with E-state index in [4.69, 9.17) is 4.74 Å². The number of nitrogens with zero attached hydrogens (tertiary/aromatic N) is 3. The van der Waals surface area contributed by atoms with Crippen LogP contribution in [0.15, 0.2) is 24.4 Å². The van der Waals surface area contributed by atoms with Crippen LogP contribution in [-0.2, 0) is 11.3 Å². The van der Waals surface area contributed by atoms with Crippen LogP contribution in [0.4, 0.5) is 0 Å². The van der Waals surface area contributed by atoms with Crippen LogP contribution < -0.4 is 0 Å². The van der Waals surface area contributed by atoms with Gasteiger partial charge in [0, 0.05) is 23.7 Å². The quantitative estimate of drug-likeness (QED) is 0.768. The van der Waals surface area contributed by atoms with E-state index in [0.717, 1.165) is 36.4 Å². The van der Waals surface area contributed by atoms with E-state index in [-0.39, 0.29) is 6.10 Å². The van der Waals surface area contributed by atoms with Gasteiger partial charge in [0.05, 0.1) is 18.8 Å². The third kappa shape index (κ3) is 4.16. The predicted octanol–water partition coefficient (Wildman–Crippen LogP) is 4.40. The Labute approximate surface area is 155 Å². The molecule has 1 saturated heterocycles. The molecule has 4 rings (SSSR count). The normalized spacial score (nSPS) is 20.0. The predicted molar refractivity (Wildman–Crippen MR) is 103 cm³/mol. The summed E-state index contributed by atoms with van der Waals surface area (Å²) < 4.78 is 7.75.